The molecule has 0 atom stereocenters. The maximum absolute atomic E-state index is 12.0. The van der Waals surface area contributed by atoms with E-state index in [1.807, 2.05) is 58.2 Å². The molecule has 0 aliphatic heterocycles. The van der Waals surface area contributed by atoms with Gasteiger partial charge in [-0.25, -0.2) is 4.79 Å². The third kappa shape index (κ3) is 7.03. The highest BCUT2D eigenvalue weighted by Gasteiger charge is 2.20. The van der Waals surface area contributed by atoms with Gasteiger partial charge in [-0.3, -0.25) is 9.80 Å². The number of amides is 1. The van der Waals surface area contributed by atoms with Crippen LogP contribution in [0.1, 0.15) is 26.3 Å². The van der Waals surface area contributed by atoms with E-state index in [-0.39, 0.29) is 6.09 Å². The van der Waals surface area contributed by atoms with Crippen molar-refractivity contribution >= 4 is 11.8 Å². The van der Waals surface area contributed by atoms with E-state index in [0.29, 0.717) is 6.54 Å². The molecule has 0 aliphatic rings. The lowest BCUT2D eigenvalue weighted by Crippen LogP contribution is -2.34. The second-order valence-corrected chi connectivity index (χ2v) is 6.37. The average Bonchev–Trinajstić information content (AvgIpc) is 2.46. The SMILES string of the molecule is C=CCN(C)CC#Cc1ccc(N(C)C(=O)OC(C)(C)C)cc1. The first-order valence-corrected chi connectivity index (χ1v) is 7.58. The predicted octanol–water partition coefficient (Wildman–Crippen LogP) is 3.53. The number of likely N-dealkylation sites (N-methyl/N-ethyl adjacent to an activating group) is 1. The van der Waals surface area contributed by atoms with Gasteiger partial charge in [-0.1, -0.05) is 17.9 Å². The zero-order valence-corrected chi connectivity index (χ0v) is 14.7. The molecular formula is C19H26N2O2. The number of ether oxygens (including phenoxy) is 1. The number of hydrogen-bond donors (Lipinski definition) is 0. The highest BCUT2D eigenvalue weighted by molar-refractivity contribution is 5.87. The minimum Gasteiger partial charge on any atom is -0.443 e. The first-order chi connectivity index (χ1) is 10.7. The molecule has 1 rings (SSSR count). The molecule has 23 heavy (non-hydrogen) atoms. The van der Waals surface area contributed by atoms with Gasteiger partial charge in [0.2, 0.25) is 0 Å². The Kier molecular flexibility index (Phi) is 6.87. The van der Waals surface area contributed by atoms with E-state index in [1.54, 1.807) is 7.05 Å². The standard InChI is InChI=1S/C19H26N2O2/c1-7-14-20(5)15-8-9-16-10-12-17(13-11-16)21(6)18(22)23-19(2,3)4/h7,10-13H,1,14-15H2,2-6H3. The van der Waals surface area contributed by atoms with Gasteiger partial charge in [0.25, 0.3) is 0 Å². The van der Waals surface area contributed by atoms with Gasteiger partial charge >= 0.3 is 6.09 Å². The highest BCUT2D eigenvalue weighted by atomic mass is 16.6. The zero-order valence-electron chi connectivity index (χ0n) is 14.7. The molecule has 1 aromatic carbocycles. The van der Waals surface area contributed by atoms with E-state index in [2.05, 4.69) is 23.3 Å². The van der Waals surface area contributed by atoms with Crippen molar-refractivity contribution in [1.29, 1.82) is 0 Å². The number of nitrogens with zero attached hydrogens (tertiary/aromatic N) is 2. The fraction of sp³-hybridized carbons (Fsp3) is 0.421. The molecule has 1 aromatic rings. The van der Waals surface area contributed by atoms with E-state index in [1.165, 1.54) is 4.90 Å². The van der Waals surface area contributed by atoms with Crippen molar-refractivity contribution in [1.82, 2.24) is 4.90 Å². The topological polar surface area (TPSA) is 32.8 Å². The summed E-state index contributed by atoms with van der Waals surface area (Å²) < 4.78 is 5.34. The molecule has 4 heteroatoms. The summed E-state index contributed by atoms with van der Waals surface area (Å²) in [6, 6.07) is 7.52. The summed E-state index contributed by atoms with van der Waals surface area (Å²) >= 11 is 0. The summed E-state index contributed by atoms with van der Waals surface area (Å²) in [4.78, 5) is 15.6. The fourth-order valence-electron chi connectivity index (χ4n) is 1.77. The largest absolute Gasteiger partial charge is 0.443 e. The number of rotatable bonds is 4. The first kappa shape index (κ1) is 18.8. The summed E-state index contributed by atoms with van der Waals surface area (Å²) in [5.41, 5.74) is 1.18. The predicted molar refractivity (Wildman–Crippen MR) is 95.7 cm³/mol. The molecule has 0 aliphatic carbocycles. The lowest BCUT2D eigenvalue weighted by atomic mass is 10.2. The van der Waals surface area contributed by atoms with Crippen molar-refractivity contribution in [3.63, 3.8) is 0 Å². The molecule has 0 radical (unpaired) electrons. The van der Waals surface area contributed by atoms with Crippen LogP contribution in [-0.4, -0.2) is 43.8 Å². The van der Waals surface area contributed by atoms with E-state index in [9.17, 15) is 4.79 Å². The molecule has 4 nitrogen and oxygen atoms in total. The number of anilines is 1. The van der Waals surface area contributed by atoms with Crippen LogP contribution in [0.15, 0.2) is 36.9 Å². The maximum Gasteiger partial charge on any atom is 0.414 e. The number of carbonyl (C=O) groups excluding carboxylic acids is 1. The molecule has 0 N–H and O–H groups in total. The maximum atomic E-state index is 12.0. The van der Waals surface area contributed by atoms with Crippen molar-refractivity contribution < 1.29 is 9.53 Å². The van der Waals surface area contributed by atoms with Crippen molar-refractivity contribution in [3.8, 4) is 11.8 Å². The summed E-state index contributed by atoms with van der Waals surface area (Å²) in [6.07, 6.45) is 1.48. The Bertz CT molecular complexity index is 589. The Hall–Kier alpha value is -2.25. The van der Waals surface area contributed by atoms with E-state index < -0.39 is 5.60 Å². The van der Waals surface area contributed by atoms with Gasteiger partial charge in [0.1, 0.15) is 5.60 Å². The Morgan fingerprint density at radius 3 is 2.39 bits per heavy atom. The van der Waals surface area contributed by atoms with Crippen LogP contribution in [0.3, 0.4) is 0 Å². The van der Waals surface area contributed by atoms with Crippen LogP contribution in [0.25, 0.3) is 0 Å². The van der Waals surface area contributed by atoms with Crippen molar-refractivity contribution in [3.05, 3.63) is 42.5 Å². The second kappa shape index (κ2) is 8.40. The third-order valence-corrected chi connectivity index (χ3v) is 2.94. The molecule has 124 valence electrons. The van der Waals surface area contributed by atoms with Gasteiger partial charge in [-0.15, -0.1) is 6.58 Å². The molecule has 0 saturated heterocycles. The van der Waals surface area contributed by atoms with Crippen LogP contribution >= 0.6 is 0 Å². The van der Waals surface area contributed by atoms with Crippen molar-refractivity contribution in [2.24, 2.45) is 0 Å². The molecule has 0 aromatic heterocycles. The van der Waals surface area contributed by atoms with Crippen LogP contribution in [0, 0.1) is 11.8 Å². The van der Waals surface area contributed by atoms with Crippen LogP contribution in [-0.2, 0) is 4.74 Å². The van der Waals surface area contributed by atoms with Crippen LogP contribution in [0.2, 0.25) is 0 Å². The smallest absolute Gasteiger partial charge is 0.414 e. The monoisotopic (exact) mass is 314 g/mol. The summed E-state index contributed by atoms with van der Waals surface area (Å²) in [6.45, 7) is 10.7. The lowest BCUT2D eigenvalue weighted by molar-refractivity contribution is 0.0589. The number of hydrogen-bond acceptors (Lipinski definition) is 3. The van der Waals surface area contributed by atoms with Gasteiger partial charge in [0.15, 0.2) is 0 Å². The normalized spacial score (nSPS) is 10.7. The quantitative estimate of drug-likeness (QED) is 0.629. The molecule has 1 amide bonds. The van der Waals surface area contributed by atoms with Crippen molar-refractivity contribution in [2.45, 2.75) is 26.4 Å². The minimum absolute atomic E-state index is 0.373. The van der Waals surface area contributed by atoms with E-state index in [4.69, 9.17) is 4.74 Å². The van der Waals surface area contributed by atoms with Crippen LogP contribution in [0.4, 0.5) is 10.5 Å². The summed E-state index contributed by atoms with van der Waals surface area (Å²) in [5.74, 6) is 6.22. The first-order valence-electron chi connectivity index (χ1n) is 7.58. The van der Waals surface area contributed by atoms with E-state index >= 15 is 0 Å². The summed E-state index contributed by atoms with van der Waals surface area (Å²) in [7, 11) is 3.69. The lowest BCUT2D eigenvalue weighted by Gasteiger charge is -2.24. The zero-order chi connectivity index (χ0) is 17.5. The van der Waals surface area contributed by atoms with Crippen LogP contribution < -0.4 is 4.90 Å². The van der Waals surface area contributed by atoms with Gasteiger partial charge in [-0.2, -0.15) is 0 Å². The average molecular weight is 314 g/mol. The molecule has 0 unspecified atom stereocenters. The Morgan fingerprint density at radius 2 is 1.87 bits per heavy atom. The highest BCUT2D eigenvalue weighted by Crippen LogP contribution is 2.17. The van der Waals surface area contributed by atoms with Crippen molar-refractivity contribution in [2.75, 3.05) is 32.1 Å². The Labute approximate surface area is 139 Å². The number of carbonyl (C=O) groups is 1. The van der Waals surface area contributed by atoms with Crippen LogP contribution in [0.5, 0.6) is 0 Å². The number of benzene rings is 1. The van der Waals surface area contributed by atoms with E-state index in [0.717, 1.165) is 17.8 Å². The van der Waals surface area contributed by atoms with Gasteiger partial charge in [0, 0.05) is 24.8 Å². The molecule has 0 saturated carbocycles. The molecule has 0 heterocycles. The Morgan fingerprint density at radius 1 is 1.26 bits per heavy atom. The summed E-state index contributed by atoms with van der Waals surface area (Å²) in [5, 5.41) is 0. The molecule has 0 spiro atoms. The molecule has 0 fully saturated rings. The van der Waals surface area contributed by atoms with Gasteiger partial charge < -0.3 is 4.74 Å². The second-order valence-electron chi connectivity index (χ2n) is 6.37. The Balaban J connectivity index is 2.68. The van der Waals surface area contributed by atoms with Gasteiger partial charge in [0.05, 0.1) is 6.54 Å². The minimum atomic E-state index is -0.506. The molecular weight excluding hydrogens is 288 g/mol. The third-order valence-electron chi connectivity index (χ3n) is 2.94. The molecule has 0 bridgehead atoms. The fourth-order valence-corrected chi connectivity index (χ4v) is 1.77. The van der Waals surface area contributed by atoms with Gasteiger partial charge in [-0.05, 0) is 52.1 Å².